The van der Waals surface area contributed by atoms with Crippen molar-refractivity contribution in [3.05, 3.63) is 100 Å². The van der Waals surface area contributed by atoms with E-state index in [1.165, 1.54) is 72.9 Å². The molecule has 4 rings (SSSR count). The van der Waals surface area contributed by atoms with Crippen LogP contribution < -0.4 is 5.32 Å². The zero-order valence-electron chi connectivity index (χ0n) is 19.3. The topological polar surface area (TPSA) is 105 Å². The molecule has 2 heterocycles. The number of nitrogens with one attached hydrogen (secondary N) is 1. The Morgan fingerprint density at radius 2 is 1.69 bits per heavy atom. The Labute approximate surface area is 206 Å². The summed E-state index contributed by atoms with van der Waals surface area (Å²) >= 11 is 0. The van der Waals surface area contributed by atoms with E-state index in [4.69, 9.17) is 14.7 Å². The number of carbonyl (C=O) groups excluding carboxylic acids is 2. The first kappa shape index (κ1) is 24.5. The molecule has 1 N–H and O–H groups in total. The molecule has 3 aromatic rings. The van der Waals surface area contributed by atoms with Crippen LogP contribution in [-0.2, 0) is 26.3 Å². The van der Waals surface area contributed by atoms with Crippen molar-refractivity contribution in [1.29, 1.82) is 5.26 Å². The summed E-state index contributed by atoms with van der Waals surface area (Å²) in [5.74, 6) is -2.13. The van der Waals surface area contributed by atoms with Crippen LogP contribution in [-0.4, -0.2) is 41.7 Å². The van der Waals surface area contributed by atoms with Gasteiger partial charge >= 0.3 is 206 Å². The second-order valence-corrected chi connectivity index (χ2v) is 7.99. The molecule has 180 valence electrons. The molecule has 11 heteroatoms. The maximum atomic E-state index is 14.1. The number of methoxy groups -OCH3 is 1. The van der Waals surface area contributed by atoms with Crippen LogP contribution in [0, 0.1) is 30.1 Å². The fourth-order valence-electron chi connectivity index (χ4n) is 4.14. The molecule has 1 aromatic heterocycles. The van der Waals surface area contributed by atoms with Crippen molar-refractivity contribution in [3.63, 3.8) is 0 Å². The van der Waals surface area contributed by atoms with Gasteiger partial charge in [0.2, 0.25) is 0 Å². The zero-order valence-corrected chi connectivity index (χ0v) is 19.3. The predicted molar refractivity (Wildman–Crippen MR) is 125 cm³/mol. The molecule has 8 nitrogen and oxygen atoms in total. The summed E-state index contributed by atoms with van der Waals surface area (Å²) in [5.41, 5.74) is 0.446. The summed E-state index contributed by atoms with van der Waals surface area (Å²) in [7, 11) is 2.31. The van der Waals surface area contributed by atoms with Crippen molar-refractivity contribution < 1.29 is 27.8 Å². The fraction of sp³-hybridized carbons (Fsp3) is 0.160. The second kappa shape index (κ2) is 9.96. The van der Waals surface area contributed by atoms with Gasteiger partial charge in [0, 0.05) is 0 Å². The van der Waals surface area contributed by atoms with Gasteiger partial charge < -0.3 is 0 Å². The standard InChI is InChI=1S/C25H19BF2N4O4/c1-15-11-16(12-21(30-15)22(33)35-2)13-32-23(34)25(31-24(32)26-36-14-29,17-3-7-19(27)8-4-17)18-5-9-20(28)10-6-18/h3-12,31H,13H2,1-2H3. The third-order valence-electron chi connectivity index (χ3n) is 5.70. The van der Waals surface area contributed by atoms with E-state index in [0.29, 0.717) is 22.4 Å². The van der Waals surface area contributed by atoms with E-state index in [-0.39, 0.29) is 17.9 Å². The van der Waals surface area contributed by atoms with Crippen molar-refractivity contribution in [2.45, 2.75) is 19.0 Å². The van der Waals surface area contributed by atoms with E-state index in [1.807, 2.05) is 0 Å². The summed E-state index contributed by atoms with van der Waals surface area (Å²) < 4.78 is 37.1. The van der Waals surface area contributed by atoms with Crippen molar-refractivity contribution in [1.82, 2.24) is 15.2 Å². The van der Waals surface area contributed by atoms with Crippen molar-refractivity contribution in [2.24, 2.45) is 0 Å². The van der Waals surface area contributed by atoms with E-state index in [0.717, 1.165) is 7.12 Å². The molecule has 0 atom stereocenters. The second-order valence-electron chi connectivity index (χ2n) is 7.99. The van der Waals surface area contributed by atoms with Gasteiger partial charge in [-0.1, -0.05) is 0 Å². The first-order chi connectivity index (χ1) is 17.3. The van der Waals surface area contributed by atoms with Crippen LogP contribution in [0.4, 0.5) is 8.78 Å². The number of hydrogen-bond donors (Lipinski definition) is 1. The van der Waals surface area contributed by atoms with Crippen molar-refractivity contribution in [3.8, 4) is 6.26 Å². The number of carbonyl (C=O) groups is 2. The number of nitrogens with zero attached hydrogens (tertiary/aromatic N) is 3. The summed E-state index contributed by atoms with van der Waals surface area (Å²) in [5, 5.41) is 12.1. The Morgan fingerprint density at radius 3 is 2.22 bits per heavy atom. The molecule has 0 spiro atoms. The van der Waals surface area contributed by atoms with Gasteiger partial charge in [0.15, 0.2) is 0 Å². The molecule has 36 heavy (non-hydrogen) atoms. The minimum atomic E-state index is -1.58. The molecule has 1 aliphatic heterocycles. The molecule has 1 fully saturated rings. The Bertz CT molecular complexity index is 1340. The molecule has 1 amide bonds. The van der Waals surface area contributed by atoms with Crippen LogP contribution in [0.3, 0.4) is 0 Å². The van der Waals surface area contributed by atoms with Crippen LogP contribution in [0.5, 0.6) is 0 Å². The third kappa shape index (κ3) is 4.53. The molecular formula is C25H19BF2N4O4. The van der Waals surface area contributed by atoms with E-state index >= 15 is 0 Å². The van der Waals surface area contributed by atoms with Crippen LogP contribution in [0.25, 0.3) is 0 Å². The first-order valence-electron chi connectivity index (χ1n) is 10.7. The van der Waals surface area contributed by atoms with Gasteiger partial charge in [-0.25, -0.2) is 0 Å². The quantitative estimate of drug-likeness (QED) is 0.323. The molecule has 2 aromatic carbocycles. The van der Waals surface area contributed by atoms with E-state index in [1.54, 1.807) is 13.0 Å². The zero-order chi connectivity index (χ0) is 25.9. The molecule has 0 unspecified atom stereocenters. The number of hydrogen-bond acceptors (Lipinski definition) is 7. The van der Waals surface area contributed by atoms with Gasteiger partial charge in [0.25, 0.3) is 0 Å². The first-order valence-corrected chi connectivity index (χ1v) is 10.7. The van der Waals surface area contributed by atoms with Crippen LogP contribution in [0.15, 0.2) is 60.7 Å². The van der Waals surface area contributed by atoms with Gasteiger partial charge in [-0.05, 0) is 0 Å². The third-order valence-corrected chi connectivity index (χ3v) is 5.70. The number of rotatable bonds is 6. The number of aryl methyl sites for hydroxylation is 1. The number of pyridine rings is 1. The van der Waals surface area contributed by atoms with Gasteiger partial charge in [0.1, 0.15) is 0 Å². The number of halogens is 2. The van der Waals surface area contributed by atoms with Gasteiger partial charge in [-0.2, -0.15) is 0 Å². The van der Waals surface area contributed by atoms with Gasteiger partial charge in [0.05, 0.1) is 0 Å². The number of benzene rings is 2. The Morgan fingerprint density at radius 1 is 1.11 bits per heavy atom. The summed E-state index contributed by atoms with van der Waals surface area (Å²) in [6.07, 6.45) is 1.53. The molecule has 0 radical (unpaired) electrons. The fourth-order valence-corrected chi connectivity index (χ4v) is 4.14. The molecule has 0 saturated carbocycles. The van der Waals surface area contributed by atoms with E-state index < -0.39 is 29.0 Å². The van der Waals surface area contributed by atoms with Crippen LogP contribution in [0.2, 0.25) is 0 Å². The van der Waals surface area contributed by atoms with Gasteiger partial charge in [-0.15, -0.1) is 0 Å². The molecule has 0 bridgehead atoms. The van der Waals surface area contributed by atoms with Crippen molar-refractivity contribution >= 4 is 24.7 Å². The number of aromatic nitrogens is 1. The maximum absolute atomic E-state index is 14.1. The molecular weight excluding hydrogens is 469 g/mol. The molecule has 1 saturated heterocycles. The van der Waals surface area contributed by atoms with Crippen molar-refractivity contribution in [2.75, 3.05) is 7.11 Å². The van der Waals surface area contributed by atoms with Crippen LogP contribution >= 0.6 is 0 Å². The van der Waals surface area contributed by atoms with Crippen LogP contribution in [0.1, 0.15) is 32.9 Å². The number of ether oxygens (including phenoxy) is 1. The summed E-state index contributed by atoms with van der Waals surface area (Å²) in [6.45, 7) is 1.65. The Balaban J connectivity index is 1.85. The monoisotopic (exact) mass is 488 g/mol. The Hall–Kier alpha value is -4.59. The number of esters is 1. The average molecular weight is 488 g/mol. The van der Waals surface area contributed by atoms with E-state index in [9.17, 15) is 18.4 Å². The predicted octanol–water partition coefficient (Wildman–Crippen LogP) is 2.53. The Kier molecular flexibility index (Phi) is 6.79. The van der Waals surface area contributed by atoms with E-state index in [2.05, 4.69) is 10.3 Å². The SMILES string of the molecule is COC(=O)c1cc(CN2C(=O)C(c3ccc(F)cc3)(c3ccc(F)cc3)NC2=BOC#N)cc(C)n1. The van der Waals surface area contributed by atoms with Gasteiger partial charge in [-0.3, -0.25) is 0 Å². The molecule has 1 aliphatic rings. The normalized spacial score (nSPS) is 15.1. The summed E-state index contributed by atoms with van der Waals surface area (Å²) in [4.78, 5) is 31.7. The minimum absolute atomic E-state index is 0.0377. The number of nitriles is 1. The number of amides is 1. The average Bonchev–Trinajstić information content (AvgIpc) is 3.14. The summed E-state index contributed by atoms with van der Waals surface area (Å²) in [6, 6.07) is 13.8. The molecule has 0 aliphatic carbocycles.